The summed E-state index contributed by atoms with van der Waals surface area (Å²) in [4.78, 5) is 51.4. The Balaban J connectivity index is 1.49. The molecule has 5 amide bonds. The van der Waals surface area contributed by atoms with E-state index in [0.717, 1.165) is 16.0 Å². The molecule has 0 spiro atoms. The summed E-state index contributed by atoms with van der Waals surface area (Å²) in [6.07, 6.45) is 1.32. The molecule has 2 N–H and O–H groups in total. The van der Waals surface area contributed by atoms with Crippen molar-refractivity contribution in [2.45, 2.75) is 20.8 Å². The number of urea groups is 1. The summed E-state index contributed by atoms with van der Waals surface area (Å²) in [6, 6.07) is 14.2. The summed E-state index contributed by atoms with van der Waals surface area (Å²) in [7, 11) is 0. The van der Waals surface area contributed by atoms with Gasteiger partial charge >= 0.3 is 6.03 Å². The van der Waals surface area contributed by atoms with Crippen LogP contribution in [0.15, 0.2) is 60.2 Å². The van der Waals surface area contributed by atoms with Crippen molar-refractivity contribution < 1.29 is 23.9 Å². The Hall–Kier alpha value is -4.14. The number of nitrogens with one attached hydrogen (secondary N) is 2. The predicted octanol–water partition coefficient (Wildman–Crippen LogP) is 5.60. The van der Waals surface area contributed by atoms with E-state index >= 15 is 0 Å². The second-order valence-electron chi connectivity index (χ2n) is 8.73. The van der Waals surface area contributed by atoms with Crippen LogP contribution in [0.3, 0.4) is 0 Å². The Labute approximate surface area is 229 Å². The maximum Gasteiger partial charge on any atom is 0.335 e. The molecule has 0 atom stereocenters. The minimum Gasteiger partial charge on any atom is -0.482 e. The van der Waals surface area contributed by atoms with Gasteiger partial charge in [0.15, 0.2) is 6.61 Å². The van der Waals surface area contributed by atoms with Crippen LogP contribution in [-0.4, -0.2) is 30.4 Å². The molecule has 0 aliphatic carbocycles. The van der Waals surface area contributed by atoms with Gasteiger partial charge in [-0.25, -0.2) is 9.69 Å². The van der Waals surface area contributed by atoms with Crippen molar-refractivity contribution >= 4 is 64.4 Å². The first kappa shape index (κ1) is 26.9. The number of carbonyl (C=O) groups excluding carboxylic acids is 4. The fraction of sp³-hybridized carbons (Fsp3) is 0.143. The average molecular weight is 552 g/mol. The second kappa shape index (κ2) is 11.1. The Morgan fingerprint density at radius 3 is 2.45 bits per heavy atom. The molecule has 1 fully saturated rings. The van der Waals surface area contributed by atoms with Crippen LogP contribution < -0.4 is 20.3 Å². The molecule has 1 saturated heterocycles. The average Bonchev–Trinajstić information content (AvgIpc) is 2.85. The van der Waals surface area contributed by atoms with Crippen molar-refractivity contribution in [3.05, 3.63) is 92.5 Å². The number of halogens is 2. The number of barbiturate groups is 1. The topological polar surface area (TPSA) is 105 Å². The van der Waals surface area contributed by atoms with Crippen molar-refractivity contribution in [2.24, 2.45) is 0 Å². The Bertz CT molecular complexity index is 1520. The molecular formula is C28H23Cl2N3O5. The number of aryl methyl sites for hydroxylation is 3. The lowest BCUT2D eigenvalue weighted by atomic mass is 10.1. The summed E-state index contributed by atoms with van der Waals surface area (Å²) < 4.78 is 5.56. The number of hydrogen-bond donors (Lipinski definition) is 2. The third-order valence-corrected chi connectivity index (χ3v) is 6.33. The molecule has 3 aromatic carbocycles. The number of amides is 5. The summed E-state index contributed by atoms with van der Waals surface area (Å²) in [5.41, 5.74) is 3.75. The molecule has 4 rings (SSSR count). The highest BCUT2D eigenvalue weighted by Crippen LogP contribution is 2.30. The number of ether oxygens (including phenoxy) is 1. The molecule has 0 bridgehead atoms. The standard InChI is InChI=1S/C28H23Cl2N3O5/c1-15-4-8-22(17(3)10-15)31-25(34)14-38-24-9-6-18(12-21(24)30)11-20-26(35)32-28(37)33(27(20)36)23-13-19(29)7-5-16(23)2/h4-13H,14H2,1-3H3,(H,31,34)(H,32,35,37)/b20-11+. The predicted molar refractivity (Wildman–Crippen MR) is 147 cm³/mol. The number of carbonyl (C=O) groups is 4. The highest BCUT2D eigenvalue weighted by Gasteiger charge is 2.37. The number of imide groups is 2. The lowest BCUT2D eigenvalue weighted by Gasteiger charge is -2.27. The Morgan fingerprint density at radius 2 is 1.74 bits per heavy atom. The number of benzene rings is 3. The molecule has 0 saturated carbocycles. The Kier molecular flexibility index (Phi) is 7.85. The van der Waals surface area contributed by atoms with E-state index in [1.807, 2.05) is 32.0 Å². The molecule has 0 unspecified atom stereocenters. The van der Waals surface area contributed by atoms with Gasteiger partial charge in [0.25, 0.3) is 17.7 Å². The van der Waals surface area contributed by atoms with Gasteiger partial charge in [-0.2, -0.15) is 0 Å². The van der Waals surface area contributed by atoms with Crippen LogP contribution in [0.2, 0.25) is 10.0 Å². The molecule has 3 aromatic rings. The summed E-state index contributed by atoms with van der Waals surface area (Å²) in [5, 5.41) is 5.47. The van der Waals surface area contributed by atoms with Crippen molar-refractivity contribution in [1.29, 1.82) is 0 Å². The second-order valence-corrected chi connectivity index (χ2v) is 9.58. The zero-order valence-corrected chi connectivity index (χ0v) is 22.2. The van der Waals surface area contributed by atoms with Gasteiger partial charge in [0.2, 0.25) is 0 Å². The molecule has 10 heteroatoms. The zero-order chi connectivity index (χ0) is 27.6. The molecule has 194 valence electrons. The largest absolute Gasteiger partial charge is 0.482 e. The van der Waals surface area contributed by atoms with Crippen LogP contribution in [0.5, 0.6) is 5.75 Å². The van der Waals surface area contributed by atoms with Crippen LogP contribution in [0, 0.1) is 20.8 Å². The van der Waals surface area contributed by atoms with E-state index in [2.05, 4.69) is 10.6 Å². The number of hydrogen-bond acceptors (Lipinski definition) is 5. The smallest absolute Gasteiger partial charge is 0.335 e. The van der Waals surface area contributed by atoms with E-state index in [4.69, 9.17) is 27.9 Å². The first-order valence-corrected chi connectivity index (χ1v) is 12.3. The van der Waals surface area contributed by atoms with Gasteiger partial charge in [0, 0.05) is 10.7 Å². The summed E-state index contributed by atoms with van der Waals surface area (Å²) in [6.45, 7) is 5.31. The van der Waals surface area contributed by atoms with Crippen LogP contribution in [0.1, 0.15) is 22.3 Å². The first-order chi connectivity index (χ1) is 18.0. The molecule has 1 heterocycles. The maximum absolute atomic E-state index is 13.2. The number of nitrogens with zero attached hydrogens (tertiary/aromatic N) is 1. The van der Waals surface area contributed by atoms with E-state index in [0.29, 0.717) is 21.8 Å². The molecule has 0 aromatic heterocycles. The molecule has 8 nitrogen and oxygen atoms in total. The maximum atomic E-state index is 13.2. The van der Waals surface area contributed by atoms with E-state index in [-0.39, 0.29) is 34.5 Å². The lowest BCUT2D eigenvalue weighted by Crippen LogP contribution is -2.54. The van der Waals surface area contributed by atoms with Gasteiger partial charge in [0.1, 0.15) is 11.3 Å². The number of anilines is 2. The fourth-order valence-electron chi connectivity index (χ4n) is 3.87. The third kappa shape index (κ3) is 5.88. The van der Waals surface area contributed by atoms with Gasteiger partial charge < -0.3 is 10.1 Å². The van der Waals surface area contributed by atoms with Crippen LogP contribution >= 0.6 is 23.2 Å². The quantitative estimate of drug-likeness (QED) is 0.306. The Morgan fingerprint density at radius 1 is 0.974 bits per heavy atom. The highest BCUT2D eigenvalue weighted by molar-refractivity contribution is 6.40. The minimum absolute atomic E-state index is 0.168. The van der Waals surface area contributed by atoms with Gasteiger partial charge in [-0.15, -0.1) is 0 Å². The molecule has 1 aliphatic rings. The normalized spacial score (nSPS) is 14.5. The van der Waals surface area contributed by atoms with Gasteiger partial charge in [-0.1, -0.05) is 53.0 Å². The summed E-state index contributed by atoms with van der Waals surface area (Å²) >= 11 is 12.4. The monoisotopic (exact) mass is 551 g/mol. The van der Waals surface area contributed by atoms with Gasteiger partial charge in [0.05, 0.1) is 10.7 Å². The third-order valence-electron chi connectivity index (χ3n) is 5.80. The van der Waals surface area contributed by atoms with Crippen LogP contribution in [0.4, 0.5) is 16.2 Å². The van der Waals surface area contributed by atoms with E-state index in [9.17, 15) is 19.2 Å². The van der Waals surface area contributed by atoms with Crippen molar-refractivity contribution in [2.75, 3.05) is 16.8 Å². The van der Waals surface area contributed by atoms with Crippen LogP contribution in [0.25, 0.3) is 6.08 Å². The van der Waals surface area contributed by atoms with Crippen LogP contribution in [-0.2, 0) is 14.4 Å². The van der Waals surface area contributed by atoms with E-state index in [1.165, 1.54) is 24.3 Å². The molecular weight excluding hydrogens is 529 g/mol. The zero-order valence-electron chi connectivity index (χ0n) is 20.7. The lowest BCUT2D eigenvalue weighted by molar-refractivity contribution is -0.122. The minimum atomic E-state index is -0.872. The van der Waals surface area contributed by atoms with Crippen molar-refractivity contribution in [3.63, 3.8) is 0 Å². The van der Waals surface area contributed by atoms with Crippen molar-refractivity contribution in [1.82, 2.24) is 5.32 Å². The molecule has 38 heavy (non-hydrogen) atoms. The molecule has 0 radical (unpaired) electrons. The van der Waals surface area contributed by atoms with E-state index in [1.54, 1.807) is 25.1 Å². The first-order valence-electron chi connectivity index (χ1n) is 11.5. The van der Waals surface area contributed by atoms with Gasteiger partial charge in [-0.3, -0.25) is 19.7 Å². The SMILES string of the molecule is Cc1ccc(NC(=O)COc2ccc(/C=C3\C(=O)NC(=O)N(c4cc(Cl)ccc4C)C3=O)cc2Cl)c(C)c1. The summed E-state index contributed by atoms with van der Waals surface area (Å²) in [5.74, 6) is -1.75. The van der Waals surface area contributed by atoms with Crippen molar-refractivity contribution in [3.8, 4) is 5.75 Å². The van der Waals surface area contributed by atoms with E-state index < -0.39 is 17.8 Å². The van der Waals surface area contributed by atoms with Gasteiger partial charge in [-0.05, 0) is 73.9 Å². The molecule has 1 aliphatic heterocycles. The highest BCUT2D eigenvalue weighted by atomic mass is 35.5. The fourth-order valence-corrected chi connectivity index (χ4v) is 4.28. The number of rotatable bonds is 6.